The molecule has 0 fully saturated rings. The minimum atomic E-state index is -0.585. The largest absolute Gasteiger partial charge is 0.493 e. The van der Waals surface area contributed by atoms with Crippen molar-refractivity contribution in [3.05, 3.63) is 53.4 Å². The molecule has 100 valence electrons. The topological polar surface area (TPSA) is 34.1 Å². The van der Waals surface area contributed by atoms with Crippen molar-refractivity contribution in [1.29, 1.82) is 0 Å². The number of halogens is 2. The van der Waals surface area contributed by atoms with Crippen LogP contribution in [0.2, 0.25) is 0 Å². The first-order valence-corrected chi connectivity index (χ1v) is 5.78. The molecule has 0 aliphatic carbocycles. The maximum absolute atomic E-state index is 13.5. The van der Waals surface area contributed by atoms with Gasteiger partial charge in [-0.2, -0.15) is 0 Å². The number of nitrogens with one attached hydrogen (secondary N) is 1. The van der Waals surface area contributed by atoms with Gasteiger partial charge in [0.05, 0.1) is 19.0 Å². The van der Waals surface area contributed by atoms with Crippen LogP contribution in [0, 0.1) is 18.6 Å². The van der Waals surface area contributed by atoms with Crippen molar-refractivity contribution in [3.63, 3.8) is 0 Å². The molecule has 0 saturated carbocycles. The van der Waals surface area contributed by atoms with Crippen LogP contribution in [0.15, 0.2) is 30.5 Å². The molecule has 0 radical (unpaired) electrons. The maximum atomic E-state index is 13.5. The number of methoxy groups -OCH3 is 1. The summed E-state index contributed by atoms with van der Waals surface area (Å²) in [6.45, 7) is 2.09. The monoisotopic (exact) mass is 264 g/mol. The molecule has 1 N–H and O–H groups in total. The lowest BCUT2D eigenvalue weighted by Crippen LogP contribution is -2.04. The lowest BCUT2D eigenvalue weighted by molar-refractivity contribution is 0.414. The summed E-state index contributed by atoms with van der Waals surface area (Å²) in [5, 5.41) is 3.05. The maximum Gasteiger partial charge on any atom is 0.160 e. The fraction of sp³-hybridized carbons (Fsp3) is 0.214. The van der Waals surface area contributed by atoms with E-state index in [1.165, 1.54) is 19.2 Å². The minimum absolute atomic E-state index is 0.242. The van der Waals surface area contributed by atoms with Gasteiger partial charge >= 0.3 is 0 Å². The van der Waals surface area contributed by atoms with E-state index in [0.717, 1.165) is 17.4 Å². The molecule has 0 atom stereocenters. The molecule has 0 aliphatic heterocycles. The van der Waals surface area contributed by atoms with Gasteiger partial charge in [-0.15, -0.1) is 0 Å². The predicted octanol–water partition coefficient (Wildman–Crippen LogP) is 3.29. The number of aromatic nitrogens is 1. The second-order valence-corrected chi connectivity index (χ2v) is 4.12. The van der Waals surface area contributed by atoms with E-state index in [9.17, 15) is 8.78 Å². The van der Waals surface area contributed by atoms with Crippen molar-refractivity contribution in [2.45, 2.75) is 13.5 Å². The molecule has 2 rings (SSSR count). The molecule has 19 heavy (non-hydrogen) atoms. The van der Waals surface area contributed by atoms with Crippen molar-refractivity contribution in [1.82, 2.24) is 4.98 Å². The molecule has 2 aromatic rings. The van der Waals surface area contributed by atoms with Gasteiger partial charge in [-0.05, 0) is 19.1 Å². The molecule has 0 aliphatic rings. The number of anilines is 1. The van der Waals surface area contributed by atoms with Gasteiger partial charge in [-0.1, -0.05) is 6.07 Å². The molecule has 0 bridgehead atoms. The van der Waals surface area contributed by atoms with Crippen molar-refractivity contribution in [2.75, 3.05) is 12.4 Å². The Labute approximate surface area is 110 Å². The predicted molar refractivity (Wildman–Crippen MR) is 69.2 cm³/mol. The Hall–Kier alpha value is -2.17. The van der Waals surface area contributed by atoms with Gasteiger partial charge in [0.25, 0.3) is 0 Å². The second-order valence-electron chi connectivity index (χ2n) is 4.12. The summed E-state index contributed by atoms with van der Waals surface area (Å²) in [6, 6.07) is 5.32. The van der Waals surface area contributed by atoms with Crippen LogP contribution in [0.25, 0.3) is 0 Å². The smallest absolute Gasteiger partial charge is 0.160 e. The van der Waals surface area contributed by atoms with Gasteiger partial charge in [-0.25, -0.2) is 8.78 Å². The van der Waals surface area contributed by atoms with Crippen molar-refractivity contribution >= 4 is 5.69 Å². The third-order valence-electron chi connectivity index (χ3n) is 2.71. The Morgan fingerprint density at radius 2 is 2.05 bits per heavy atom. The number of hydrogen-bond donors (Lipinski definition) is 1. The average Bonchev–Trinajstić information content (AvgIpc) is 2.38. The third-order valence-corrected chi connectivity index (χ3v) is 2.71. The van der Waals surface area contributed by atoms with Gasteiger partial charge in [0.15, 0.2) is 5.75 Å². The molecule has 0 unspecified atom stereocenters. The van der Waals surface area contributed by atoms with Gasteiger partial charge in [0.2, 0.25) is 0 Å². The third kappa shape index (κ3) is 3.19. The van der Waals surface area contributed by atoms with Crippen molar-refractivity contribution in [2.24, 2.45) is 0 Å². The zero-order chi connectivity index (χ0) is 13.8. The number of ether oxygens (including phenoxy) is 1. The van der Waals surface area contributed by atoms with E-state index in [1.807, 2.05) is 6.92 Å². The number of aryl methyl sites for hydroxylation is 1. The van der Waals surface area contributed by atoms with Crippen molar-refractivity contribution in [3.8, 4) is 5.75 Å². The average molecular weight is 264 g/mol. The molecule has 0 saturated heterocycles. The van der Waals surface area contributed by atoms with Crippen LogP contribution >= 0.6 is 0 Å². The Bertz CT molecular complexity index is 588. The first-order valence-electron chi connectivity index (χ1n) is 5.78. The highest BCUT2D eigenvalue weighted by molar-refractivity contribution is 5.56. The van der Waals surface area contributed by atoms with E-state index in [1.54, 1.807) is 12.3 Å². The highest BCUT2D eigenvalue weighted by atomic mass is 19.1. The Morgan fingerprint density at radius 1 is 1.26 bits per heavy atom. The molecule has 1 aromatic carbocycles. The molecule has 0 amide bonds. The summed E-state index contributed by atoms with van der Waals surface area (Å²) < 4.78 is 31.4. The van der Waals surface area contributed by atoms with Gasteiger partial charge < -0.3 is 10.1 Å². The standard InChI is InChI=1S/C14H14F2N2O/c1-9-5-13(14(19-2)8-17-9)18-7-10-3-4-11(15)6-12(10)16/h3-6,8H,7H2,1-2H3,(H,17,18). The van der Waals surface area contributed by atoms with Crippen LogP contribution in [-0.2, 0) is 6.54 Å². The number of hydrogen-bond acceptors (Lipinski definition) is 3. The summed E-state index contributed by atoms with van der Waals surface area (Å²) >= 11 is 0. The molecule has 5 heteroatoms. The first kappa shape index (κ1) is 13.3. The fourth-order valence-electron chi connectivity index (χ4n) is 1.70. The molecule has 1 aromatic heterocycles. The molecule has 0 spiro atoms. The second kappa shape index (κ2) is 5.65. The van der Waals surface area contributed by atoms with Gasteiger partial charge in [0, 0.05) is 23.9 Å². The highest BCUT2D eigenvalue weighted by Gasteiger charge is 2.07. The summed E-state index contributed by atoms with van der Waals surface area (Å²) in [5.74, 6) is -0.580. The number of pyridine rings is 1. The SMILES string of the molecule is COc1cnc(C)cc1NCc1ccc(F)cc1F. The van der Waals surface area contributed by atoms with E-state index in [4.69, 9.17) is 4.74 Å². The number of nitrogens with zero attached hydrogens (tertiary/aromatic N) is 1. The van der Waals surface area contributed by atoms with Gasteiger partial charge in [-0.3, -0.25) is 4.98 Å². The minimum Gasteiger partial charge on any atom is -0.493 e. The number of benzene rings is 1. The van der Waals surface area contributed by atoms with Crippen LogP contribution in [0.3, 0.4) is 0 Å². The Kier molecular flexibility index (Phi) is 3.94. The molecular formula is C14H14F2N2O. The first-order chi connectivity index (χ1) is 9.10. The Balaban J connectivity index is 2.16. The van der Waals surface area contributed by atoms with E-state index < -0.39 is 11.6 Å². The zero-order valence-corrected chi connectivity index (χ0v) is 10.7. The van der Waals surface area contributed by atoms with Gasteiger partial charge in [0.1, 0.15) is 11.6 Å². The van der Waals surface area contributed by atoms with Crippen LogP contribution in [0.1, 0.15) is 11.3 Å². The highest BCUT2D eigenvalue weighted by Crippen LogP contribution is 2.24. The molecular weight excluding hydrogens is 250 g/mol. The Morgan fingerprint density at radius 3 is 2.74 bits per heavy atom. The lowest BCUT2D eigenvalue weighted by Gasteiger charge is -2.12. The quantitative estimate of drug-likeness (QED) is 0.920. The normalized spacial score (nSPS) is 10.3. The van der Waals surface area contributed by atoms with Crippen LogP contribution in [0.5, 0.6) is 5.75 Å². The molecule has 1 heterocycles. The van der Waals surface area contributed by atoms with E-state index in [-0.39, 0.29) is 6.54 Å². The van der Waals surface area contributed by atoms with E-state index in [0.29, 0.717) is 11.3 Å². The van der Waals surface area contributed by atoms with Crippen LogP contribution in [0.4, 0.5) is 14.5 Å². The summed E-state index contributed by atoms with van der Waals surface area (Å²) in [6.07, 6.45) is 1.60. The summed E-state index contributed by atoms with van der Waals surface area (Å²) in [7, 11) is 1.54. The zero-order valence-electron chi connectivity index (χ0n) is 10.7. The van der Waals surface area contributed by atoms with Crippen molar-refractivity contribution < 1.29 is 13.5 Å². The van der Waals surface area contributed by atoms with E-state index in [2.05, 4.69) is 10.3 Å². The summed E-state index contributed by atoms with van der Waals surface area (Å²) in [4.78, 5) is 4.11. The molecule has 3 nitrogen and oxygen atoms in total. The lowest BCUT2D eigenvalue weighted by atomic mass is 10.2. The summed E-state index contributed by atoms with van der Waals surface area (Å²) in [5.41, 5.74) is 1.93. The number of rotatable bonds is 4. The van der Waals surface area contributed by atoms with E-state index >= 15 is 0 Å². The van der Waals surface area contributed by atoms with Crippen LogP contribution < -0.4 is 10.1 Å². The van der Waals surface area contributed by atoms with Crippen LogP contribution in [-0.4, -0.2) is 12.1 Å². The fourth-order valence-corrected chi connectivity index (χ4v) is 1.70.